The molecule has 0 N–H and O–H groups in total. The molecule has 1 aliphatic heterocycles. The smallest absolute Gasteiger partial charge is 0.264 e. The summed E-state index contributed by atoms with van der Waals surface area (Å²) in [6.07, 6.45) is 1.67. The Bertz CT molecular complexity index is 677. The minimum absolute atomic E-state index is 0.00369. The van der Waals surface area contributed by atoms with Crippen LogP contribution in [0.4, 0.5) is 0 Å². The summed E-state index contributed by atoms with van der Waals surface area (Å²) in [5.74, 6) is 0.868. The molecule has 1 unspecified atom stereocenters. The zero-order valence-electron chi connectivity index (χ0n) is 12.6. The molecule has 23 heavy (non-hydrogen) atoms. The first-order valence-corrected chi connectivity index (χ1v) is 8.44. The van der Waals surface area contributed by atoms with Crippen molar-refractivity contribution in [2.24, 2.45) is 0 Å². The first-order chi connectivity index (χ1) is 11.2. The van der Waals surface area contributed by atoms with E-state index in [-0.39, 0.29) is 12.0 Å². The number of nitrogens with zero attached hydrogens (tertiary/aromatic N) is 3. The molecule has 0 saturated carbocycles. The van der Waals surface area contributed by atoms with E-state index in [0.717, 1.165) is 19.4 Å². The molecule has 0 aromatic carbocycles. The summed E-state index contributed by atoms with van der Waals surface area (Å²) in [5.41, 5.74) is 0. The summed E-state index contributed by atoms with van der Waals surface area (Å²) >= 11 is 7.20. The van der Waals surface area contributed by atoms with Gasteiger partial charge in [-0.25, -0.2) is 0 Å². The van der Waals surface area contributed by atoms with Gasteiger partial charge in [0, 0.05) is 18.7 Å². The molecule has 2 aromatic heterocycles. The maximum Gasteiger partial charge on any atom is 0.264 e. The molecule has 1 aliphatic rings. The molecule has 0 radical (unpaired) electrons. The van der Waals surface area contributed by atoms with E-state index in [1.165, 1.54) is 18.4 Å². The Morgan fingerprint density at radius 3 is 2.74 bits per heavy atom. The van der Waals surface area contributed by atoms with Crippen molar-refractivity contribution in [1.29, 1.82) is 0 Å². The predicted octanol–water partition coefficient (Wildman–Crippen LogP) is 2.88. The molecule has 8 heteroatoms. The number of methoxy groups -OCH3 is 1. The number of carbonyl (C=O) groups excluding carboxylic acids is 1. The van der Waals surface area contributed by atoms with Crippen molar-refractivity contribution in [2.45, 2.75) is 18.9 Å². The van der Waals surface area contributed by atoms with Gasteiger partial charge in [0.1, 0.15) is 6.10 Å². The Kier molecular flexibility index (Phi) is 4.97. The predicted molar refractivity (Wildman–Crippen MR) is 87.5 cm³/mol. The number of halogens is 1. The minimum atomic E-state index is -0.0918. The van der Waals surface area contributed by atoms with Crippen LogP contribution in [0.2, 0.25) is 4.34 Å². The van der Waals surface area contributed by atoms with Crippen LogP contribution >= 0.6 is 22.9 Å². The van der Waals surface area contributed by atoms with Crippen LogP contribution in [0.1, 0.15) is 22.5 Å². The number of hydrogen-bond acceptors (Lipinski definition) is 6. The van der Waals surface area contributed by atoms with Gasteiger partial charge in [-0.05, 0) is 25.0 Å². The van der Waals surface area contributed by atoms with Gasteiger partial charge in [0.15, 0.2) is 0 Å². The summed E-state index contributed by atoms with van der Waals surface area (Å²) in [4.78, 5) is 14.9. The van der Waals surface area contributed by atoms with Crippen LogP contribution < -0.4 is 9.47 Å². The molecule has 6 nitrogen and oxygen atoms in total. The number of thiophene rings is 1. The number of amides is 1. The van der Waals surface area contributed by atoms with Gasteiger partial charge in [-0.3, -0.25) is 4.79 Å². The molecule has 0 aliphatic carbocycles. The van der Waals surface area contributed by atoms with Gasteiger partial charge < -0.3 is 14.4 Å². The molecule has 0 spiro atoms. The number of likely N-dealkylation sites (tertiary alicyclic amines) is 1. The Morgan fingerprint density at radius 1 is 1.30 bits per heavy atom. The fourth-order valence-electron chi connectivity index (χ4n) is 2.45. The van der Waals surface area contributed by atoms with E-state index in [9.17, 15) is 4.79 Å². The monoisotopic (exact) mass is 353 g/mol. The van der Waals surface area contributed by atoms with Crippen LogP contribution in [0.5, 0.6) is 11.8 Å². The van der Waals surface area contributed by atoms with E-state index in [1.54, 1.807) is 29.2 Å². The quantitative estimate of drug-likeness (QED) is 0.845. The summed E-state index contributed by atoms with van der Waals surface area (Å²) in [6.45, 7) is 1.25. The van der Waals surface area contributed by atoms with E-state index in [4.69, 9.17) is 21.1 Å². The molecule has 3 heterocycles. The van der Waals surface area contributed by atoms with Crippen LogP contribution in [0.3, 0.4) is 0 Å². The standard InChI is InChI=1S/C15H16ClN3O3S/c1-21-13-6-7-14(18-17-13)22-10-3-2-8-19(9-10)15(20)11-4-5-12(16)23-11/h4-7,10H,2-3,8-9H2,1H3. The van der Waals surface area contributed by atoms with Gasteiger partial charge in [-0.1, -0.05) is 11.6 Å². The van der Waals surface area contributed by atoms with E-state index in [2.05, 4.69) is 10.2 Å². The Morgan fingerprint density at radius 2 is 2.09 bits per heavy atom. The average Bonchev–Trinajstić information content (AvgIpc) is 3.01. The molecule has 3 rings (SSSR count). The number of hydrogen-bond donors (Lipinski definition) is 0. The minimum Gasteiger partial charge on any atom is -0.480 e. The third kappa shape index (κ3) is 3.92. The lowest BCUT2D eigenvalue weighted by Gasteiger charge is -2.32. The fourth-order valence-corrected chi connectivity index (χ4v) is 3.47. The molecule has 1 atom stereocenters. The van der Waals surface area contributed by atoms with E-state index >= 15 is 0 Å². The maximum atomic E-state index is 12.5. The van der Waals surface area contributed by atoms with Crippen LogP contribution in [0.15, 0.2) is 24.3 Å². The van der Waals surface area contributed by atoms with Crippen molar-refractivity contribution in [3.8, 4) is 11.8 Å². The van der Waals surface area contributed by atoms with E-state index in [0.29, 0.717) is 27.5 Å². The number of piperidine rings is 1. The van der Waals surface area contributed by atoms with Gasteiger partial charge in [0.25, 0.3) is 5.91 Å². The highest BCUT2D eigenvalue weighted by atomic mass is 35.5. The molecule has 2 aromatic rings. The maximum absolute atomic E-state index is 12.5. The van der Waals surface area contributed by atoms with Crippen molar-refractivity contribution in [3.05, 3.63) is 33.5 Å². The molecule has 0 bridgehead atoms. The number of ether oxygens (including phenoxy) is 2. The first kappa shape index (κ1) is 16.0. The van der Waals surface area contributed by atoms with Crippen LogP contribution in [-0.2, 0) is 0 Å². The molecular weight excluding hydrogens is 338 g/mol. The van der Waals surface area contributed by atoms with Gasteiger partial charge in [0.2, 0.25) is 11.8 Å². The van der Waals surface area contributed by atoms with Crippen LogP contribution in [0.25, 0.3) is 0 Å². The first-order valence-electron chi connectivity index (χ1n) is 7.24. The molecule has 1 amide bonds. The third-order valence-electron chi connectivity index (χ3n) is 3.56. The summed E-state index contributed by atoms with van der Waals surface area (Å²) in [5, 5.41) is 7.84. The average molecular weight is 354 g/mol. The van der Waals surface area contributed by atoms with Gasteiger partial charge in [0.05, 0.1) is 22.9 Å². The molecule has 1 saturated heterocycles. The summed E-state index contributed by atoms with van der Waals surface area (Å²) in [6, 6.07) is 6.91. The second-order valence-electron chi connectivity index (χ2n) is 5.15. The second kappa shape index (κ2) is 7.14. The van der Waals surface area contributed by atoms with Gasteiger partial charge in [-0.15, -0.1) is 21.5 Å². The fraction of sp³-hybridized carbons (Fsp3) is 0.400. The van der Waals surface area contributed by atoms with Crippen LogP contribution in [0, 0.1) is 0 Å². The van der Waals surface area contributed by atoms with Crippen LogP contribution in [-0.4, -0.2) is 47.3 Å². The van der Waals surface area contributed by atoms with Gasteiger partial charge >= 0.3 is 0 Å². The normalized spacial score (nSPS) is 17.8. The highest BCUT2D eigenvalue weighted by molar-refractivity contribution is 7.17. The zero-order valence-corrected chi connectivity index (χ0v) is 14.1. The third-order valence-corrected chi connectivity index (χ3v) is 4.78. The van der Waals surface area contributed by atoms with Crippen molar-refractivity contribution >= 4 is 28.8 Å². The largest absolute Gasteiger partial charge is 0.480 e. The number of carbonyl (C=O) groups is 1. The van der Waals surface area contributed by atoms with Crippen molar-refractivity contribution in [3.63, 3.8) is 0 Å². The molecular formula is C15H16ClN3O3S. The lowest BCUT2D eigenvalue weighted by molar-refractivity contribution is 0.0529. The number of aromatic nitrogens is 2. The number of rotatable bonds is 4. The highest BCUT2D eigenvalue weighted by Crippen LogP contribution is 2.25. The second-order valence-corrected chi connectivity index (χ2v) is 6.87. The SMILES string of the molecule is COc1ccc(OC2CCCN(C(=O)c3ccc(Cl)s3)C2)nn1. The lowest BCUT2D eigenvalue weighted by Crippen LogP contribution is -2.44. The summed E-state index contributed by atoms with van der Waals surface area (Å²) < 4.78 is 11.4. The van der Waals surface area contributed by atoms with Crippen molar-refractivity contribution in [2.75, 3.05) is 20.2 Å². The summed E-state index contributed by atoms with van der Waals surface area (Å²) in [7, 11) is 1.53. The van der Waals surface area contributed by atoms with Crippen molar-refractivity contribution in [1.82, 2.24) is 15.1 Å². The Labute approximate surface area is 143 Å². The van der Waals surface area contributed by atoms with Gasteiger partial charge in [-0.2, -0.15) is 0 Å². The molecule has 1 fully saturated rings. The highest BCUT2D eigenvalue weighted by Gasteiger charge is 2.26. The zero-order chi connectivity index (χ0) is 16.2. The van der Waals surface area contributed by atoms with E-state index < -0.39 is 0 Å². The van der Waals surface area contributed by atoms with Crippen molar-refractivity contribution < 1.29 is 14.3 Å². The van der Waals surface area contributed by atoms with E-state index in [1.807, 2.05) is 0 Å². The molecule has 122 valence electrons. The lowest BCUT2D eigenvalue weighted by atomic mass is 10.1. The Hall–Kier alpha value is -1.86. The Balaban J connectivity index is 1.62. The topological polar surface area (TPSA) is 64.6 Å².